The summed E-state index contributed by atoms with van der Waals surface area (Å²) in [6, 6.07) is -0.0438. The smallest absolute Gasteiger partial charge is 0.410 e. The SMILES string of the molecule is CC(=O)N1C2CCC(C3CCC(S(=O)(=O)N(C)C)CC3)CC2N(C(=O)OC(C)C)C[C@@H]1C. The molecule has 1 aliphatic heterocycles. The molecule has 0 aromatic rings. The Morgan fingerprint density at radius 3 is 2.09 bits per heavy atom. The van der Waals surface area contributed by atoms with E-state index in [9.17, 15) is 18.0 Å². The predicted molar refractivity (Wildman–Crippen MR) is 124 cm³/mol. The van der Waals surface area contributed by atoms with E-state index in [-0.39, 0.29) is 41.5 Å². The summed E-state index contributed by atoms with van der Waals surface area (Å²) in [4.78, 5) is 29.2. The Labute approximate surface area is 193 Å². The van der Waals surface area contributed by atoms with E-state index in [2.05, 4.69) is 0 Å². The number of hydrogen-bond donors (Lipinski definition) is 0. The highest BCUT2D eigenvalue weighted by atomic mass is 32.2. The summed E-state index contributed by atoms with van der Waals surface area (Å²) in [5.74, 6) is 0.978. The summed E-state index contributed by atoms with van der Waals surface area (Å²) < 4.78 is 31.9. The van der Waals surface area contributed by atoms with Crippen molar-refractivity contribution < 1.29 is 22.7 Å². The van der Waals surface area contributed by atoms with Gasteiger partial charge in [-0.3, -0.25) is 4.79 Å². The first-order chi connectivity index (χ1) is 14.9. The molecule has 184 valence electrons. The minimum Gasteiger partial charge on any atom is -0.447 e. The van der Waals surface area contributed by atoms with E-state index in [0.29, 0.717) is 31.2 Å². The molecule has 4 atom stereocenters. The molecule has 0 radical (unpaired) electrons. The van der Waals surface area contributed by atoms with Gasteiger partial charge in [0.25, 0.3) is 0 Å². The fraction of sp³-hybridized carbons (Fsp3) is 0.913. The van der Waals surface area contributed by atoms with Crippen molar-refractivity contribution in [1.82, 2.24) is 14.1 Å². The molecule has 0 bridgehead atoms. The zero-order valence-electron chi connectivity index (χ0n) is 20.5. The van der Waals surface area contributed by atoms with E-state index in [4.69, 9.17) is 4.74 Å². The van der Waals surface area contributed by atoms with Crippen molar-refractivity contribution >= 4 is 22.0 Å². The molecule has 1 saturated heterocycles. The molecule has 0 N–H and O–H groups in total. The lowest BCUT2D eigenvalue weighted by molar-refractivity contribution is -0.142. The average molecular weight is 472 g/mol. The van der Waals surface area contributed by atoms with Gasteiger partial charge in [-0.05, 0) is 77.6 Å². The maximum absolute atomic E-state index is 12.9. The number of carbonyl (C=O) groups is 2. The minimum absolute atomic E-state index is 0.0256. The van der Waals surface area contributed by atoms with Crippen LogP contribution < -0.4 is 0 Å². The molecule has 1 heterocycles. The lowest BCUT2D eigenvalue weighted by Crippen LogP contribution is -2.67. The molecule has 0 aromatic carbocycles. The molecular formula is C23H41N3O5S. The number of amides is 2. The third-order valence-corrected chi connectivity index (χ3v) is 10.1. The van der Waals surface area contributed by atoms with Crippen LogP contribution in [0.5, 0.6) is 0 Å². The van der Waals surface area contributed by atoms with Gasteiger partial charge in [-0.25, -0.2) is 17.5 Å². The van der Waals surface area contributed by atoms with Gasteiger partial charge in [-0.2, -0.15) is 0 Å². The maximum atomic E-state index is 12.9. The van der Waals surface area contributed by atoms with E-state index in [1.54, 1.807) is 21.0 Å². The lowest BCUT2D eigenvalue weighted by atomic mass is 9.69. The van der Waals surface area contributed by atoms with Gasteiger partial charge in [0.1, 0.15) is 0 Å². The van der Waals surface area contributed by atoms with E-state index < -0.39 is 10.0 Å². The third-order valence-electron chi connectivity index (χ3n) is 7.77. The lowest BCUT2D eigenvalue weighted by Gasteiger charge is -2.54. The third kappa shape index (κ3) is 5.08. The molecule has 32 heavy (non-hydrogen) atoms. The van der Waals surface area contributed by atoms with Crippen LogP contribution in [0, 0.1) is 11.8 Å². The van der Waals surface area contributed by atoms with Crippen molar-refractivity contribution in [3.8, 4) is 0 Å². The van der Waals surface area contributed by atoms with Gasteiger partial charge in [-0.1, -0.05) is 0 Å². The molecule has 2 amide bonds. The topological polar surface area (TPSA) is 87.2 Å². The molecule has 2 saturated carbocycles. The molecule has 3 unspecified atom stereocenters. The van der Waals surface area contributed by atoms with E-state index >= 15 is 0 Å². The zero-order valence-corrected chi connectivity index (χ0v) is 21.3. The number of carbonyl (C=O) groups excluding carboxylic acids is 2. The molecule has 3 rings (SSSR count). The molecule has 8 nitrogen and oxygen atoms in total. The Balaban J connectivity index is 1.73. The second kappa shape index (κ2) is 9.87. The summed E-state index contributed by atoms with van der Waals surface area (Å²) in [5.41, 5.74) is 0. The molecule has 2 aliphatic carbocycles. The van der Waals surface area contributed by atoms with Crippen LogP contribution in [0.3, 0.4) is 0 Å². The molecule has 3 fully saturated rings. The Hall–Kier alpha value is -1.35. The van der Waals surface area contributed by atoms with Crippen LogP contribution in [0.4, 0.5) is 4.79 Å². The largest absolute Gasteiger partial charge is 0.447 e. The van der Waals surface area contributed by atoms with Crippen molar-refractivity contribution in [2.75, 3.05) is 20.6 Å². The van der Waals surface area contributed by atoms with Gasteiger partial charge in [0.2, 0.25) is 15.9 Å². The summed E-state index contributed by atoms with van der Waals surface area (Å²) in [7, 11) is 0.0111. The van der Waals surface area contributed by atoms with Crippen molar-refractivity contribution in [1.29, 1.82) is 0 Å². The van der Waals surface area contributed by atoms with Crippen LogP contribution in [0.15, 0.2) is 0 Å². The summed E-state index contributed by atoms with van der Waals surface area (Å²) in [6.45, 7) is 7.83. The standard InChI is InChI=1S/C23H41N3O5S/c1-15(2)31-23(28)25-14-16(3)26(17(4)27)21-12-9-19(13-22(21)25)18-7-10-20(11-8-18)32(29,30)24(5)6/h15-16,18-22H,7-14H2,1-6H3/t16-,18?,19?,20?,21?,22?/m0/s1. The highest BCUT2D eigenvalue weighted by Crippen LogP contribution is 2.43. The fourth-order valence-electron chi connectivity index (χ4n) is 6.26. The highest BCUT2D eigenvalue weighted by Gasteiger charge is 2.48. The molecule has 0 spiro atoms. The molecule has 0 aromatic heterocycles. The van der Waals surface area contributed by atoms with Crippen LogP contribution in [-0.2, 0) is 19.6 Å². The molecule has 9 heteroatoms. The quantitative estimate of drug-likeness (QED) is 0.629. The van der Waals surface area contributed by atoms with E-state index in [1.165, 1.54) is 4.31 Å². The van der Waals surface area contributed by atoms with Gasteiger partial charge < -0.3 is 14.5 Å². The van der Waals surface area contributed by atoms with Gasteiger partial charge in [0.05, 0.1) is 23.4 Å². The molecule has 3 aliphatic rings. The summed E-state index contributed by atoms with van der Waals surface area (Å²) in [6.07, 6.45) is 5.48. The number of nitrogens with zero attached hydrogens (tertiary/aromatic N) is 3. The van der Waals surface area contributed by atoms with Crippen molar-refractivity contribution in [2.24, 2.45) is 11.8 Å². The van der Waals surface area contributed by atoms with Crippen LogP contribution in [0.2, 0.25) is 0 Å². The normalized spacial score (nSPS) is 33.9. The van der Waals surface area contributed by atoms with Crippen LogP contribution in [0.1, 0.15) is 72.6 Å². The summed E-state index contributed by atoms with van der Waals surface area (Å²) >= 11 is 0. The highest BCUT2D eigenvalue weighted by molar-refractivity contribution is 7.89. The number of rotatable bonds is 4. The second-order valence-electron chi connectivity index (χ2n) is 10.4. The number of ether oxygens (including phenoxy) is 1. The van der Waals surface area contributed by atoms with E-state index in [1.807, 2.05) is 30.6 Å². The van der Waals surface area contributed by atoms with Crippen LogP contribution in [-0.4, -0.2) is 84.6 Å². The van der Waals surface area contributed by atoms with Crippen LogP contribution >= 0.6 is 0 Å². The Bertz CT molecular complexity index is 791. The predicted octanol–water partition coefficient (Wildman–Crippen LogP) is 3.07. The van der Waals surface area contributed by atoms with Gasteiger partial charge >= 0.3 is 6.09 Å². The first-order valence-corrected chi connectivity index (χ1v) is 13.6. The van der Waals surface area contributed by atoms with Gasteiger partial charge in [0, 0.05) is 33.6 Å². The number of piperazine rings is 1. The Morgan fingerprint density at radius 1 is 0.969 bits per heavy atom. The Kier molecular flexibility index (Phi) is 7.80. The van der Waals surface area contributed by atoms with Gasteiger partial charge in [0.15, 0.2) is 0 Å². The first kappa shape index (κ1) is 25.3. The number of fused-ring (bicyclic) bond motifs is 1. The Morgan fingerprint density at radius 2 is 1.56 bits per heavy atom. The zero-order chi connectivity index (χ0) is 23.8. The van der Waals surface area contributed by atoms with Crippen molar-refractivity contribution in [3.63, 3.8) is 0 Å². The van der Waals surface area contributed by atoms with Gasteiger partial charge in [-0.15, -0.1) is 0 Å². The number of sulfonamides is 1. The fourth-order valence-corrected chi connectivity index (χ4v) is 7.73. The monoisotopic (exact) mass is 471 g/mol. The second-order valence-corrected chi connectivity index (χ2v) is 12.9. The van der Waals surface area contributed by atoms with Crippen LogP contribution in [0.25, 0.3) is 0 Å². The summed E-state index contributed by atoms with van der Waals surface area (Å²) in [5, 5.41) is -0.286. The maximum Gasteiger partial charge on any atom is 0.410 e. The van der Waals surface area contributed by atoms with E-state index in [0.717, 1.165) is 32.1 Å². The molecular weight excluding hydrogens is 430 g/mol. The average Bonchev–Trinajstić information content (AvgIpc) is 2.72. The minimum atomic E-state index is -3.21. The number of hydrogen-bond acceptors (Lipinski definition) is 5. The van der Waals surface area contributed by atoms with Crippen molar-refractivity contribution in [2.45, 2.75) is 102 Å². The first-order valence-electron chi connectivity index (χ1n) is 12.1. The van der Waals surface area contributed by atoms with Crippen molar-refractivity contribution in [3.05, 3.63) is 0 Å².